The Balaban J connectivity index is 0.000000252. The maximum atomic E-state index is 9.03. The zero-order valence-electron chi connectivity index (χ0n) is 8.53. The lowest BCUT2D eigenvalue weighted by molar-refractivity contribution is -0.487. The molecule has 1 heterocycles. The molecule has 0 amide bonds. The quantitative estimate of drug-likeness (QED) is 0.360. The van der Waals surface area contributed by atoms with Gasteiger partial charge < -0.3 is 14.6 Å². The fraction of sp³-hybridized carbons (Fsp3) is 0.750. The molecule has 0 aliphatic carbocycles. The van der Waals surface area contributed by atoms with Crippen molar-refractivity contribution in [2.75, 3.05) is 34.3 Å². The van der Waals surface area contributed by atoms with Gasteiger partial charge in [0.15, 0.2) is 0 Å². The minimum absolute atomic E-state index is 1.04. The number of hydrogen-bond donors (Lipinski definition) is 0. The van der Waals surface area contributed by atoms with E-state index < -0.39 is 6.16 Å². The molecule has 1 aliphatic heterocycles. The Morgan fingerprint density at radius 2 is 2.15 bits per heavy atom. The summed E-state index contributed by atoms with van der Waals surface area (Å²) >= 11 is 0. The average molecular weight is 188 g/mol. The largest absolute Gasteiger partial charge is 0.553 e. The number of amidine groups is 1. The van der Waals surface area contributed by atoms with Gasteiger partial charge in [-0.25, -0.2) is 0 Å². The Morgan fingerprint density at radius 1 is 1.69 bits per heavy atom. The maximum absolute atomic E-state index is 9.03. The summed E-state index contributed by atoms with van der Waals surface area (Å²) in [5.74, 6) is 1.38. The SMILES string of the molecule is CC1=[N+](C)CCN1C.COC(=O)[O-]. The van der Waals surface area contributed by atoms with Crippen LogP contribution in [0.25, 0.3) is 0 Å². The van der Waals surface area contributed by atoms with Crippen molar-refractivity contribution >= 4 is 12.0 Å². The molecule has 0 fully saturated rings. The summed E-state index contributed by atoms with van der Waals surface area (Å²) in [6, 6.07) is 0. The molecule has 0 aromatic heterocycles. The smallest absolute Gasteiger partial charge is 0.251 e. The fourth-order valence-corrected chi connectivity index (χ4v) is 0.915. The molecule has 5 heteroatoms. The van der Waals surface area contributed by atoms with E-state index >= 15 is 0 Å². The molecule has 0 atom stereocenters. The van der Waals surface area contributed by atoms with Gasteiger partial charge in [-0.2, -0.15) is 0 Å². The molecular weight excluding hydrogens is 172 g/mol. The summed E-state index contributed by atoms with van der Waals surface area (Å²) < 4.78 is 5.82. The molecule has 0 unspecified atom stereocenters. The van der Waals surface area contributed by atoms with Crippen molar-refractivity contribution in [3.05, 3.63) is 0 Å². The Kier molecular flexibility index (Phi) is 4.87. The molecule has 0 saturated carbocycles. The van der Waals surface area contributed by atoms with Gasteiger partial charge in [-0.05, 0) is 0 Å². The van der Waals surface area contributed by atoms with Crippen LogP contribution in [0.4, 0.5) is 4.79 Å². The molecule has 0 aromatic rings. The lowest BCUT2D eigenvalue weighted by atomic mass is 10.6. The third kappa shape index (κ3) is 4.35. The van der Waals surface area contributed by atoms with Gasteiger partial charge in [0.2, 0.25) is 5.84 Å². The van der Waals surface area contributed by atoms with E-state index in [4.69, 9.17) is 9.90 Å². The van der Waals surface area contributed by atoms with Gasteiger partial charge in [-0.1, -0.05) is 0 Å². The van der Waals surface area contributed by atoms with Crippen molar-refractivity contribution in [1.82, 2.24) is 4.90 Å². The van der Waals surface area contributed by atoms with Gasteiger partial charge in [0.25, 0.3) is 6.16 Å². The van der Waals surface area contributed by atoms with Crippen LogP contribution in [0, 0.1) is 0 Å². The molecule has 0 bridgehead atoms. The van der Waals surface area contributed by atoms with Gasteiger partial charge in [-0.15, -0.1) is 0 Å². The topological polar surface area (TPSA) is 55.6 Å². The molecule has 13 heavy (non-hydrogen) atoms. The molecule has 1 aliphatic rings. The van der Waals surface area contributed by atoms with Crippen LogP contribution in [0.1, 0.15) is 6.92 Å². The lowest BCUT2D eigenvalue weighted by Gasteiger charge is -1.98. The third-order valence-corrected chi connectivity index (χ3v) is 2.04. The summed E-state index contributed by atoms with van der Waals surface area (Å²) in [5, 5.41) is 9.03. The van der Waals surface area contributed by atoms with E-state index in [0.29, 0.717) is 0 Å². The van der Waals surface area contributed by atoms with Gasteiger partial charge in [0.1, 0.15) is 13.1 Å². The summed E-state index contributed by atoms with van der Waals surface area (Å²) in [7, 11) is 5.28. The summed E-state index contributed by atoms with van der Waals surface area (Å²) in [6.07, 6.45) is -1.50. The molecule has 5 nitrogen and oxygen atoms in total. The number of carboxylic acid groups (broad SMARTS) is 1. The van der Waals surface area contributed by atoms with Gasteiger partial charge in [0, 0.05) is 14.0 Å². The molecule has 0 aromatic carbocycles. The first kappa shape index (κ1) is 11.7. The number of carbonyl (C=O) groups excluding carboxylic acids is 1. The van der Waals surface area contributed by atoms with Crippen LogP contribution in [0.3, 0.4) is 0 Å². The second kappa shape index (κ2) is 5.40. The lowest BCUT2D eigenvalue weighted by Crippen LogP contribution is -2.21. The van der Waals surface area contributed by atoms with Gasteiger partial charge >= 0.3 is 0 Å². The third-order valence-electron chi connectivity index (χ3n) is 2.04. The molecule has 0 radical (unpaired) electrons. The van der Waals surface area contributed by atoms with Gasteiger partial charge in [0.05, 0.1) is 14.1 Å². The number of likely N-dealkylation sites (N-methyl/N-ethyl adjacent to an activating group) is 2. The van der Waals surface area contributed by atoms with E-state index in [1.165, 1.54) is 18.9 Å². The number of ether oxygens (including phenoxy) is 1. The molecule has 0 saturated heterocycles. The number of carbonyl (C=O) groups is 1. The normalized spacial score (nSPS) is 15.2. The first-order valence-corrected chi connectivity index (χ1v) is 3.99. The predicted octanol–water partition coefficient (Wildman–Crippen LogP) is -1.03. The van der Waals surface area contributed by atoms with E-state index in [1.807, 2.05) is 0 Å². The molecule has 0 N–H and O–H groups in total. The highest BCUT2D eigenvalue weighted by Crippen LogP contribution is 1.93. The van der Waals surface area contributed by atoms with E-state index in [1.54, 1.807) is 0 Å². The van der Waals surface area contributed by atoms with E-state index in [9.17, 15) is 0 Å². The van der Waals surface area contributed by atoms with E-state index in [-0.39, 0.29) is 0 Å². The zero-order chi connectivity index (χ0) is 10.4. The van der Waals surface area contributed by atoms with Crippen molar-refractivity contribution in [3.63, 3.8) is 0 Å². The molecular formula is C8H16N2O3. The highest BCUT2D eigenvalue weighted by atomic mass is 16.6. The Morgan fingerprint density at radius 3 is 2.23 bits per heavy atom. The number of hydrogen-bond acceptors (Lipinski definition) is 4. The summed E-state index contributed by atoms with van der Waals surface area (Å²) in [5.41, 5.74) is 0. The maximum Gasteiger partial charge on any atom is 0.251 e. The Labute approximate surface area is 78.2 Å². The molecule has 1 rings (SSSR count). The van der Waals surface area contributed by atoms with Crippen LogP contribution in [0.5, 0.6) is 0 Å². The van der Waals surface area contributed by atoms with Crippen LogP contribution in [-0.2, 0) is 4.74 Å². The summed E-state index contributed by atoms with van der Waals surface area (Å²) in [6.45, 7) is 4.51. The van der Waals surface area contributed by atoms with Crippen LogP contribution in [0.15, 0.2) is 0 Å². The van der Waals surface area contributed by atoms with Crippen LogP contribution in [0.2, 0.25) is 0 Å². The van der Waals surface area contributed by atoms with Gasteiger partial charge in [-0.3, -0.25) is 9.48 Å². The zero-order valence-corrected chi connectivity index (χ0v) is 8.53. The van der Waals surface area contributed by atoms with E-state index in [2.05, 4.69) is 35.2 Å². The average Bonchev–Trinajstić information content (AvgIpc) is 2.37. The van der Waals surface area contributed by atoms with Crippen molar-refractivity contribution in [1.29, 1.82) is 0 Å². The van der Waals surface area contributed by atoms with Crippen LogP contribution >= 0.6 is 0 Å². The molecule has 76 valence electrons. The fourth-order valence-electron chi connectivity index (χ4n) is 0.915. The summed E-state index contributed by atoms with van der Waals surface area (Å²) in [4.78, 5) is 11.3. The highest BCUT2D eigenvalue weighted by molar-refractivity contribution is 5.75. The van der Waals surface area contributed by atoms with Crippen LogP contribution < -0.4 is 5.11 Å². The van der Waals surface area contributed by atoms with E-state index in [0.717, 1.165) is 7.11 Å². The minimum Gasteiger partial charge on any atom is -0.553 e. The first-order valence-electron chi connectivity index (χ1n) is 3.99. The predicted molar refractivity (Wildman–Crippen MR) is 46.8 cm³/mol. The Hall–Kier alpha value is -1.26. The number of nitrogens with zero attached hydrogens (tertiary/aromatic N) is 2. The standard InChI is InChI=1S/C6H13N2.C2H4O3/c1-6-7(2)4-5-8(6)3;1-5-2(3)4/h4-5H2,1-3H3;1H3,(H,3,4)/q+1;/p-1. The number of rotatable bonds is 0. The highest BCUT2D eigenvalue weighted by Gasteiger charge is 2.18. The second-order valence-corrected chi connectivity index (χ2v) is 2.84. The van der Waals surface area contributed by atoms with Crippen LogP contribution in [-0.4, -0.2) is 55.8 Å². The second-order valence-electron chi connectivity index (χ2n) is 2.84. The monoisotopic (exact) mass is 188 g/mol. The minimum atomic E-state index is -1.50. The van der Waals surface area contributed by atoms with Crippen molar-refractivity contribution in [3.8, 4) is 0 Å². The van der Waals surface area contributed by atoms with Crippen molar-refractivity contribution < 1.29 is 19.2 Å². The molecule has 0 spiro atoms. The first-order chi connectivity index (χ1) is 5.99. The number of methoxy groups -OCH3 is 1. The van der Waals surface area contributed by atoms with Crippen molar-refractivity contribution in [2.24, 2.45) is 0 Å². The Bertz CT molecular complexity index is 213. The van der Waals surface area contributed by atoms with Crippen molar-refractivity contribution in [2.45, 2.75) is 6.92 Å².